The van der Waals surface area contributed by atoms with Gasteiger partial charge >= 0.3 is 0 Å². The van der Waals surface area contributed by atoms with Gasteiger partial charge in [-0.25, -0.2) is 9.97 Å². The average molecular weight is 262 g/mol. The van der Waals surface area contributed by atoms with E-state index in [-0.39, 0.29) is 5.91 Å². The van der Waals surface area contributed by atoms with E-state index in [1.165, 1.54) is 0 Å². The molecular weight excluding hydrogens is 240 g/mol. The lowest BCUT2D eigenvalue weighted by Gasteiger charge is -2.09. The molecule has 0 saturated carbocycles. The van der Waals surface area contributed by atoms with Crippen LogP contribution in [0.25, 0.3) is 0 Å². The van der Waals surface area contributed by atoms with Gasteiger partial charge in [-0.3, -0.25) is 4.79 Å². The molecule has 0 spiro atoms. The van der Waals surface area contributed by atoms with E-state index < -0.39 is 0 Å². The molecule has 1 rings (SSSR count). The molecule has 5 nitrogen and oxygen atoms in total. The Labute approximate surface area is 114 Å². The highest BCUT2D eigenvalue weighted by molar-refractivity contribution is 5.92. The normalized spacial score (nSPS) is 10.3. The zero-order chi connectivity index (χ0) is 14.3. The van der Waals surface area contributed by atoms with Gasteiger partial charge in [-0.2, -0.15) is 0 Å². The van der Waals surface area contributed by atoms with Gasteiger partial charge in [0.15, 0.2) is 0 Å². The molecule has 0 saturated heterocycles. The van der Waals surface area contributed by atoms with Gasteiger partial charge in [0.25, 0.3) is 5.91 Å². The molecule has 0 fully saturated rings. The first-order valence-corrected chi connectivity index (χ1v) is 6.51. The molecule has 0 atom stereocenters. The molecule has 104 valence electrons. The third kappa shape index (κ3) is 5.50. The van der Waals surface area contributed by atoms with Crippen LogP contribution in [0.15, 0.2) is 18.7 Å². The number of rotatable bonds is 7. The number of hydrogen-bond acceptors (Lipinski definition) is 4. The summed E-state index contributed by atoms with van der Waals surface area (Å²) in [4.78, 5) is 20.3. The zero-order valence-electron chi connectivity index (χ0n) is 11.9. The fourth-order valence-electron chi connectivity index (χ4n) is 1.49. The van der Waals surface area contributed by atoms with Crippen molar-refractivity contribution in [2.24, 2.45) is 5.92 Å². The van der Waals surface area contributed by atoms with Crippen molar-refractivity contribution >= 4 is 11.9 Å². The Morgan fingerprint density at radius 2 is 2.21 bits per heavy atom. The van der Waals surface area contributed by atoms with Crippen LogP contribution >= 0.6 is 0 Å². The second-order valence-electron chi connectivity index (χ2n) is 4.83. The van der Waals surface area contributed by atoms with Gasteiger partial charge in [0, 0.05) is 18.8 Å². The van der Waals surface area contributed by atoms with Crippen molar-refractivity contribution < 1.29 is 4.79 Å². The third-order valence-electron chi connectivity index (χ3n) is 2.50. The van der Waals surface area contributed by atoms with E-state index in [4.69, 9.17) is 0 Å². The smallest absolute Gasteiger partial charge is 0.270 e. The second kappa shape index (κ2) is 7.51. The summed E-state index contributed by atoms with van der Waals surface area (Å²) in [5.41, 5.74) is 1.15. The molecule has 1 aromatic rings. The number of nitrogens with one attached hydrogen (secondary N) is 2. The van der Waals surface area contributed by atoms with Crippen molar-refractivity contribution in [1.82, 2.24) is 15.3 Å². The van der Waals surface area contributed by atoms with Crippen molar-refractivity contribution in [3.8, 4) is 0 Å². The van der Waals surface area contributed by atoms with Crippen molar-refractivity contribution in [3.63, 3.8) is 0 Å². The SMILES string of the molecule is C=CCNC(=O)c1cc(C)nc(NCCC(C)C)n1. The van der Waals surface area contributed by atoms with Gasteiger partial charge in [0.1, 0.15) is 5.69 Å². The molecule has 2 N–H and O–H groups in total. The first-order valence-electron chi connectivity index (χ1n) is 6.51. The van der Waals surface area contributed by atoms with Crippen LogP contribution in [0, 0.1) is 12.8 Å². The number of carbonyl (C=O) groups excluding carboxylic acids is 1. The van der Waals surface area contributed by atoms with Crippen molar-refractivity contribution in [3.05, 3.63) is 30.1 Å². The van der Waals surface area contributed by atoms with E-state index in [0.29, 0.717) is 24.1 Å². The van der Waals surface area contributed by atoms with E-state index in [1.54, 1.807) is 12.1 Å². The fourth-order valence-corrected chi connectivity index (χ4v) is 1.49. The number of carbonyl (C=O) groups is 1. The molecule has 0 aromatic carbocycles. The minimum Gasteiger partial charge on any atom is -0.354 e. The van der Waals surface area contributed by atoms with E-state index in [9.17, 15) is 4.79 Å². The van der Waals surface area contributed by atoms with Gasteiger partial charge in [-0.05, 0) is 25.3 Å². The first-order chi connectivity index (χ1) is 9.02. The van der Waals surface area contributed by atoms with Crippen LogP contribution in [-0.2, 0) is 0 Å². The minimum atomic E-state index is -0.211. The monoisotopic (exact) mass is 262 g/mol. The van der Waals surface area contributed by atoms with Gasteiger partial charge in [-0.1, -0.05) is 19.9 Å². The second-order valence-corrected chi connectivity index (χ2v) is 4.83. The maximum atomic E-state index is 11.8. The van der Waals surface area contributed by atoms with Crippen molar-refractivity contribution in [2.75, 3.05) is 18.4 Å². The molecule has 0 aliphatic rings. The molecule has 0 radical (unpaired) electrons. The Balaban J connectivity index is 2.70. The lowest BCUT2D eigenvalue weighted by molar-refractivity contribution is 0.0953. The molecular formula is C14H22N4O. The summed E-state index contributed by atoms with van der Waals surface area (Å²) in [6, 6.07) is 1.67. The average Bonchev–Trinajstić information content (AvgIpc) is 2.34. The van der Waals surface area contributed by atoms with Gasteiger partial charge in [0.2, 0.25) is 5.95 Å². The Morgan fingerprint density at radius 1 is 1.47 bits per heavy atom. The quantitative estimate of drug-likeness (QED) is 0.739. The molecule has 0 aliphatic heterocycles. The summed E-state index contributed by atoms with van der Waals surface area (Å²) in [5.74, 6) is 0.911. The molecule has 1 amide bonds. The molecule has 1 heterocycles. The van der Waals surface area contributed by atoms with Crippen molar-refractivity contribution in [2.45, 2.75) is 27.2 Å². The fraction of sp³-hybridized carbons (Fsp3) is 0.500. The molecule has 19 heavy (non-hydrogen) atoms. The van der Waals surface area contributed by atoms with Gasteiger partial charge in [0.05, 0.1) is 0 Å². The predicted octanol–water partition coefficient (Wildman–Crippen LogP) is 2.16. The van der Waals surface area contributed by atoms with Crippen LogP contribution in [0.3, 0.4) is 0 Å². The highest BCUT2D eigenvalue weighted by Crippen LogP contribution is 2.06. The highest BCUT2D eigenvalue weighted by Gasteiger charge is 2.09. The highest BCUT2D eigenvalue weighted by atomic mass is 16.1. The van der Waals surface area contributed by atoms with E-state index >= 15 is 0 Å². The third-order valence-corrected chi connectivity index (χ3v) is 2.50. The summed E-state index contributed by atoms with van der Waals surface area (Å²) in [6.07, 6.45) is 2.67. The molecule has 5 heteroatoms. The molecule has 0 aliphatic carbocycles. The molecule has 0 bridgehead atoms. The van der Waals surface area contributed by atoms with E-state index in [1.807, 2.05) is 6.92 Å². The number of amides is 1. The molecule has 0 unspecified atom stereocenters. The van der Waals surface area contributed by atoms with Crippen LogP contribution in [0.4, 0.5) is 5.95 Å². The zero-order valence-corrected chi connectivity index (χ0v) is 11.9. The number of hydrogen-bond donors (Lipinski definition) is 2. The summed E-state index contributed by atoms with van der Waals surface area (Å²) >= 11 is 0. The Kier molecular flexibility index (Phi) is 5.99. The van der Waals surface area contributed by atoms with Crippen LogP contribution in [0.5, 0.6) is 0 Å². The van der Waals surface area contributed by atoms with Crippen LogP contribution in [0.1, 0.15) is 36.5 Å². The largest absolute Gasteiger partial charge is 0.354 e. The summed E-state index contributed by atoms with van der Waals surface area (Å²) in [5, 5.41) is 5.85. The number of anilines is 1. The topological polar surface area (TPSA) is 66.9 Å². The van der Waals surface area contributed by atoms with E-state index in [2.05, 4.69) is 41.0 Å². The summed E-state index contributed by atoms with van der Waals surface area (Å²) in [7, 11) is 0. The summed E-state index contributed by atoms with van der Waals surface area (Å²) in [6.45, 7) is 11.0. The lowest BCUT2D eigenvalue weighted by Crippen LogP contribution is -2.25. The standard InChI is InChI=1S/C14H22N4O/c1-5-7-15-13(19)12-9-11(4)17-14(18-12)16-8-6-10(2)3/h5,9-10H,1,6-8H2,2-4H3,(H,15,19)(H,16,17,18). The number of aryl methyl sites for hydroxylation is 1. The van der Waals surface area contributed by atoms with E-state index in [0.717, 1.165) is 18.7 Å². The lowest BCUT2D eigenvalue weighted by atomic mass is 10.1. The Hall–Kier alpha value is -1.91. The Morgan fingerprint density at radius 3 is 2.84 bits per heavy atom. The number of aromatic nitrogens is 2. The summed E-state index contributed by atoms with van der Waals surface area (Å²) < 4.78 is 0. The molecule has 1 aromatic heterocycles. The minimum absolute atomic E-state index is 0.211. The Bertz CT molecular complexity index is 443. The van der Waals surface area contributed by atoms with Crippen LogP contribution in [-0.4, -0.2) is 29.0 Å². The van der Waals surface area contributed by atoms with Crippen LogP contribution in [0.2, 0.25) is 0 Å². The van der Waals surface area contributed by atoms with Gasteiger partial charge < -0.3 is 10.6 Å². The maximum Gasteiger partial charge on any atom is 0.270 e. The maximum absolute atomic E-state index is 11.8. The van der Waals surface area contributed by atoms with Crippen molar-refractivity contribution in [1.29, 1.82) is 0 Å². The first kappa shape index (κ1) is 15.1. The van der Waals surface area contributed by atoms with Crippen LogP contribution < -0.4 is 10.6 Å². The van der Waals surface area contributed by atoms with Gasteiger partial charge in [-0.15, -0.1) is 6.58 Å². The predicted molar refractivity (Wildman–Crippen MR) is 77.2 cm³/mol. The number of nitrogens with zero attached hydrogens (tertiary/aromatic N) is 2.